The first kappa shape index (κ1) is 11.1. The zero-order valence-electron chi connectivity index (χ0n) is 7.60. The van der Waals surface area contributed by atoms with Crippen molar-refractivity contribution in [2.75, 3.05) is 19.7 Å². The van der Waals surface area contributed by atoms with Crippen LogP contribution in [0.4, 0.5) is 0 Å². The maximum atomic E-state index is 5.56. The molecule has 0 spiro atoms. The van der Waals surface area contributed by atoms with Gasteiger partial charge in [-0.3, -0.25) is 0 Å². The van der Waals surface area contributed by atoms with Gasteiger partial charge in [0.15, 0.2) is 0 Å². The van der Waals surface area contributed by atoms with E-state index in [1.807, 2.05) is 6.92 Å². The quantitative estimate of drug-likeness (QED) is 0.545. The molecular weight excluding hydrogens is 156 g/mol. The molecule has 11 heavy (non-hydrogen) atoms. The molecule has 1 unspecified atom stereocenters. The molecule has 3 N–H and O–H groups in total. The summed E-state index contributed by atoms with van der Waals surface area (Å²) in [6.07, 6.45) is 1.20. The Balaban J connectivity index is 3.34. The van der Waals surface area contributed by atoms with Crippen LogP contribution in [0, 0.1) is 0 Å². The number of nitrogens with two attached hydrogens (primary N) is 1. The van der Waals surface area contributed by atoms with E-state index in [9.17, 15) is 0 Å². The molecule has 0 rings (SSSR count). The van der Waals surface area contributed by atoms with E-state index in [0.29, 0.717) is 6.54 Å². The molecule has 0 bridgehead atoms. The molecule has 0 aromatic heterocycles. The molecule has 0 aliphatic rings. The smallest absolute Gasteiger partial charge is 0.252 e. The van der Waals surface area contributed by atoms with E-state index in [2.05, 4.69) is 11.9 Å². The summed E-state index contributed by atoms with van der Waals surface area (Å²) in [5.41, 5.74) is 5.37. The molecule has 0 saturated carbocycles. The summed E-state index contributed by atoms with van der Waals surface area (Å²) < 4.78 is 5.56. The summed E-state index contributed by atoms with van der Waals surface area (Å²) in [5, 5.41) is 0. The van der Waals surface area contributed by atoms with Crippen LogP contribution in [0.25, 0.3) is 0 Å². The van der Waals surface area contributed by atoms with E-state index in [4.69, 9.17) is 10.2 Å². The second-order valence-corrected chi connectivity index (χ2v) is 4.77. The van der Waals surface area contributed by atoms with Gasteiger partial charge >= 0.3 is 0 Å². The maximum Gasteiger partial charge on any atom is 0.252 e. The Morgan fingerprint density at radius 3 is 2.64 bits per heavy atom. The predicted octanol–water partition coefficient (Wildman–Crippen LogP) is 0.202. The van der Waals surface area contributed by atoms with Gasteiger partial charge in [-0.2, -0.15) is 0 Å². The van der Waals surface area contributed by atoms with Crippen molar-refractivity contribution in [3.05, 3.63) is 0 Å². The third kappa shape index (κ3) is 6.49. The molecule has 0 aromatic rings. The first-order chi connectivity index (χ1) is 5.35. The van der Waals surface area contributed by atoms with Gasteiger partial charge in [0.2, 0.25) is 0 Å². The number of rotatable bonds is 7. The van der Waals surface area contributed by atoms with Crippen LogP contribution in [0.3, 0.4) is 0 Å². The van der Waals surface area contributed by atoms with Gasteiger partial charge < -0.3 is 15.1 Å². The Morgan fingerprint density at radius 1 is 1.45 bits per heavy atom. The molecule has 1 atom stereocenters. The topological polar surface area (TPSA) is 47.3 Å². The van der Waals surface area contributed by atoms with E-state index < -0.39 is 9.20 Å². The minimum absolute atomic E-state index is 0.709. The first-order valence-electron chi connectivity index (χ1n) is 4.40. The van der Waals surface area contributed by atoms with Gasteiger partial charge in [0, 0.05) is 19.7 Å². The number of hydrogen-bond donors (Lipinski definition) is 2. The molecule has 0 aliphatic carbocycles. The van der Waals surface area contributed by atoms with Gasteiger partial charge in [-0.05, 0) is 13.0 Å². The van der Waals surface area contributed by atoms with Gasteiger partial charge in [-0.1, -0.05) is 13.3 Å². The lowest BCUT2D eigenvalue weighted by atomic mass is 10.6. The molecule has 0 amide bonds. The first-order valence-corrected chi connectivity index (χ1v) is 6.26. The third-order valence-electron chi connectivity index (χ3n) is 1.44. The van der Waals surface area contributed by atoms with E-state index in [1.54, 1.807) is 0 Å². The molecule has 0 aliphatic heterocycles. The zero-order chi connectivity index (χ0) is 8.53. The summed E-state index contributed by atoms with van der Waals surface area (Å²) in [5.74, 6) is 0. The molecular formula is C7H20N2OSi. The number of nitrogens with one attached hydrogen (secondary N) is 1. The number of hydrogen-bond acceptors (Lipinski definition) is 3. The highest BCUT2D eigenvalue weighted by Gasteiger charge is 2.07. The van der Waals surface area contributed by atoms with Gasteiger partial charge in [0.1, 0.15) is 0 Å². The fourth-order valence-corrected chi connectivity index (χ4v) is 2.86. The summed E-state index contributed by atoms with van der Waals surface area (Å²) in [6, 6.07) is 1.20. The highest BCUT2D eigenvalue weighted by molar-refractivity contribution is 6.48. The molecule has 68 valence electrons. The van der Waals surface area contributed by atoms with Crippen molar-refractivity contribution >= 4 is 9.20 Å². The Morgan fingerprint density at radius 2 is 2.18 bits per heavy atom. The van der Waals surface area contributed by atoms with Crippen molar-refractivity contribution in [1.29, 1.82) is 0 Å². The van der Waals surface area contributed by atoms with Crippen LogP contribution in [-0.4, -0.2) is 28.9 Å². The van der Waals surface area contributed by atoms with E-state index in [1.165, 1.54) is 12.5 Å². The SMILES string of the molecule is CCC[SiH](NCCN)OCC. The minimum atomic E-state index is -1.08. The molecule has 4 heteroatoms. The van der Waals surface area contributed by atoms with Crippen molar-refractivity contribution in [1.82, 2.24) is 4.98 Å². The maximum absolute atomic E-state index is 5.56. The van der Waals surface area contributed by atoms with Gasteiger partial charge in [-0.15, -0.1) is 0 Å². The van der Waals surface area contributed by atoms with Gasteiger partial charge in [-0.25, -0.2) is 0 Å². The van der Waals surface area contributed by atoms with Crippen molar-refractivity contribution in [2.24, 2.45) is 5.73 Å². The molecule has 0 radical (unpaired) electrons. The predicted molar refractivity (Wildman–Crippen MR) is 50.9 cm³/mol. The highest BCUT2D eigenvalue weighted by atomic mass is 28.3. The standard InChI is InChI=1S/C7H20N2OSi/c1-3-7-11(10-4-2)9-6-5-8/h9,11H,3-8H2,1-2H3. The molecule has 0 saturated heterocycles. The van der Waals surface area contributed by atoms with Crippen molar-refractivity contribution < 1.29 is 4.43 Å². The summed E-state index contributed by atoms with van der Waals surface area (Å²) >= 11 is 0. The van der Waals surface area contributed by atoms with Crippen LogP contribution in [0.5, 0.6) is 0 Å². The van der Waals surface area contributed by atoms with E-state index >= 15 is 0 Å². The minimum Gasteiger partial charge on any atom is -0.406 e. The van der Waals surface area contributed by atoms with Gasteiger partial charge in [0.05, 0.1) is 0 Å². The molecule has 0 heterocycles. The Bertz CT molecular complexity index is 76.8. The van der Waals surface area contributed by atoms with Crippen molar-refractivity contribution in [3.8, 4) is 0 Å². The largest absolute Gasteiger partial charge is 0.406 e. The molecule has 0 aromatic carbocycles. The average molecular weight is 176 g/mol. The lowest BCUT2D eigenvalue weighted by Gasteiger charge is -2.14. The van der Waals surface area contributed by atoms with Crippen LogP contribution in [-0.2, 0) is 4.43 Å². The Kier molecular flexibility index (Phi) is 8.27. The fourth-order valence-electron chi connectivity index (χ4n) is 0.952. The second kappa shape index (κ2) is 8.20. The summed E-state index contributed by atoms with van der Waals surface area (Å²) in [7, 11) is -1.08. The van der Waals surface area contributed by atoms with Crippen LogP contribution < -0.4 is 10.7 Å². The lowest BCUT2D eigenvalue weighted by Crippen LogP contribution is -2.39. The molecule has 0 fully saturated rings. The third-order valence-corrected chi connectivity index (χ3v) is 4.02. The van der Waals surface area contributed by atoms with Crippen LogP contribution in [0.2, 0.25) is 6.04 Å². The summed E-state index contributed by atoms with van der Waals surface area (Å²) in [6.45, 7) is 6.66. The second-order valence-electron chi connectivity index (χ2n) is 2.48. The van der Waals surface area contributed by atoms with Crippen molar-refractivity contribution in [2.45, 2.75) is 26.3 Å². The Hall–Kier alpha value is 0.0969. The highest BCUT2D eigenvalue weighted by Crippen LogP contribution is 1.94. The lowest BCUT2D eigenvalue weighted by molar-refractivity contribution is 0.332. The summed E-state index contributed by atoms with van der Waals surface area (Å²) in [4.78, 5) is 3.36. The van der Waals surface area contributed by atoms with E-state index in [-0.39, 0.29) is 0 Å². The molecule has 3 nitrogen and oxygen atoms in total. The van der Waals surface area contributed by atoms with Crippen LogP contribution in [0.15, 0.2) is 0 Å². The van der Waals surface area contributed by atoms with Gasteiger partial charge in [0.25, 0.3) is 9.20 Å². The van der Waals surface area contributed by atoms with Crippen LogP contribution >= 0.6 is 0 Å². The monoisotopic (exact) mass is 176 g/mol. The normalized spacial score (nSPS) is 13.4. The van der Waals surface area contributed by atoms with Crippen LogP contribution in [0.1, 0.15) is 20.3 Å². The van der Waals surface area contributed by atoms with E-state index in [0.717, 1.165) is 13.2 Å². The average Bonchev–Trinajstić information content (AvgIpc) is 2.01. The van der Waals surface area contributed by atoms with Crippen molar-refractivity contribution in [3.63, 3.8) is 0 Å². The fraction of sp³-hybridized carbons (Fsp3) is 1.00. The zero-order valence-corrected chi connectivity index (χ0v) is 8.75. The Labute approximate surface area is 71.1 Å².